The Hall–Kier alpha value is -2.20. The summed E-state index contributed by atoms with van der Waals surface area (Å²) in [6.07, 6.45) is 0. The number of benzene rings is 2. The smallest absolute Gasteiger partial charge is 0.255 e. The van der Waals surface area contributed by atoms with Gasteiger partial charge in [0.1, 0.15) is 4.99 Å². The topological polar surface area (TPSA) is 55.1 Å². The van der Waals surface area contributed by atoms with Gasteiger partial charge in [0, 0.05) is 16.8 Å². The first-order chi connectivity index (χ1) is 9.88. The van der Waals surface area contributed by atoms with Crippen LogP contribution in [-0.4, -0.2) is 10.9 Å². The van der Waals surface area contributed by atoms with Gasteiger partial charge in [-0.15, -0.1) is 0 Å². The number of carbonyl (C=O) groups excluding carboxylic acids is 1. The van der Waals surface area contributed by atoms with Gasteiger partial charge in [-0.3, -0.25) is 4.79 Å². The van der Waals surface area contributed by atoms with Crippen LogP contribution >= 0.6 is 12.2 Å². The van der Waals surface area contributed by atoms with Gasteiger partial charge in [-0.2, -0.15) is 0 Å². The Morgan fingerprint density at radius 1 is 0.952 bits per heavy atom. The summed E-state index contributed by atoms with van der Waals surface area (Å²) < 4.78 is 0. The molecule has 0 unspecified atom stereocenters. The Kier molecular flexibility index (Phi) is 4.38. The minimum Gasteiger partial charge on any atom is -0.389 e. The Bertz CT molecular complexity index is 723. The molecule has 0 bridgehead atoms. The minimum absolute atomic E-state index is 0.138. The second-order valence-corrected chi connectivity index (χ2v) is 5.59. The lowest BCUT2D eigenvalue weighted by Crippen LogP contribution is -2.15. The van der Waals surface area contributed by atoms with Crippen molar-refractivity contribution in [2.75, 3.05) is 5.32 Å². The molecule has 0 aliphatic heterocycles. The van der Waals surface area contributed by atoms with E-state index in [-0.39, 0.29) is 5.91 Å². The lowest BCUT2D eigenvalue weighted by atomic mass is 10.1. The first-order valence-electron chi connectivity index (χ1n) is 6.67. The van der Waals surface area contributed by atoms with Gasteiger partial charge in [0.25, 0.3) is 5.91 Å². The number of aryl methyl sites for hydroxylation is 3. The molecule has 0 atom stereocenters. The van der Waals surface area contributed by atoms with Gasteiger partial charge < -0.3 is 11.1 Å². The normalized spacial score (nSPS) is 10.2. The molecule has 108 valence electrons. The summed E-state index contributed by atoms with van der Waals surface area (Å²) in [4.78, 5) is 12.7. The molecular weight excluding hydrogens is 280 g/mol. The molecule has 0 radical (unpaired) electrons. The highest BCUT2D eigenvalue weighted by Gasteiger charge is 2.10. The van der Waals surface area contributed by atoms with Crippen LogP contribution in [0.15, 0.2) is 36.4 Å². The highest BCUT2D eigenvalue weighted by atomic mass is 32.1. The van der Waals surface area contributed by atoms with E-state index in [1.807, 2.05) is 51.1 Å². The zero-order chi connectivity index (χ0) is 15.6. The maximum Gasteiger partial charge on any atom is 0.255 e. The lowest BCUT2D eigenvalue weighted by Gasteiger charge is -2.11. The van der Waals surface area contributed by atoms with Gasteiger partial charge in [-0.05, 0) is 55.7 Å². The molecule has 0 heterocycles. The zero-order valence-corrected chi connectivity index (χ0v) is 13.2. The average molecular weight is 298 g/mol. The van der Waals surface area contributed by atoms with Crippen molar-refractivity contribution in [2.45, 2.75) is 20.8 Å². The summed E-state index contributed by atoms with van der Waals surface area (Å²) in [7, 11) is 0. The first kappa shape index (κ1) is 15.2. The fourth-order valence-electron chi connectivity index (χ4n) is 1.99. The van der Waals surface area contributed by atoms with Crippen molar-refractivity contribution < 1.29 is 4.79 Å². The summed E-state index contributed by atoms with van der Waals surface area (Å²) in [5.74, 6) is -0.138. The van der Waals surface area contributed by atoms with E-state index < -0.39 is 0 Å². The van der Waals surface area contributed by atoms with Crippen LogP contribution in [0.5, 0.6) is 0 Å². The van der Waals surface area contributed by atoms with E-state index in [2.05, 4.69) is 5.32 Å². The van der Waals surface area contributed by atoms with Crippen molar-refractivity contribution >= 4 is 28.8 Å². The lowest BCUT2D eigenvalue weighted by molar-refractivity contribution is 0.102. The molecule has 3 N–H and O–H groups in total. The van der Waals surface area contributed by atoms with E-state index >= 15 is 0 Å². The second kappa shape index (κ2) is 6.06. The Morgan fingerprint density at radius 3 is 2.19 bits per heavy atom. The van der Waals surface area contributed by atoms with Crippen LogP contribution < -0.4 is 11.1 Å². The maximum atomic E-state index is 12.3. The predicted molar refractivity (Wildman–Crippen MR) is 90.9 cm³/mol. The van der Waals surface area contributed by atoms with Crippen LogP contribution in [0.1, 0.15) is 32.6 Å². The molecule has 2 aromatic carbocycles. The number of nitrogens with one attached hydrogen (secondary N) is 1. The third-order valence-corrected chi connectivity index (χ3v) is 3.78. The molecule has 0 aliphatic rings. The summed E-state index contributed by atoms with van der Waals surface area (Å²) in [6, 6.07) is 11.2. The van der Waals surface area contributed by atoms with Crippen LogP contribution in [0, 0.1) is 20.8 Å². The largest absolute Gasteiger partial charge is 0.389 e. The molecule has 2 rings (SSSR count). The fraction of sp³-hybridized carbons (Fsp3) is 0.176. The van der Waals surface area contributed by atoms with Gasteiger partial charge in [0.05, 0.1) is 0 Å². The maximum absolute atomic E-state index is 12.3. The van der Waals surface area contributed by atoms with E-state index in [0.717, 1.165) is 22.4 Å². The van der Waals surface area contributed by atoms with Gasteiger partial charge in [0.15, 0.2) is 0 Å². The van der Waals surface area contributed by atoms with Crippen molar-refractivity contribution in [1.82, 2.24) is 0 Å². The number of hydrogen-bond acceptors (Lipinski definition) is 2. The third kappa shape index (κ3) is 3.47. The quantitative estimate of drug-likeness (QED) is 0.853. The average Bonchev–Trinajstić information content (AvgIpc) is 2.43. The van der Waals surface area contributed by atoms with E-state index in [0.29, 0.717) is 10.6 Å². The van der Waals surface area contributed by atoms with Crippen molar-refractivity contribution in [3.05, 3.63) is 64.2 Å². The monoisotopic (exact) mass is 298 g/mol. The Morgan fingerprint density at radius 2 is 1.57 bits per heavy atom. The summed E-state index contributed by atoms with van der Waals surface area (Å²) in [6.45, 7) is 5.94. The number of carbonyl (C=O) groups is 1. The van der Waals surface area contributed by atoms with Crippen LogP contribution in [0.2, 0.25) is 0 Å². The minimum atomic E-state index is -0.138. The number of thiocarbonyl (C=S) groups is 1. The van der Waals surface area contributed by atoms with E-state index in [1.165, 1.54) is 5.56 Å². The number of anilines is 1. The van der Waals surface area contributed by atoms with E-state index in [4.69, 9.17) is 18.0 Å². The second-order valence-electron chi connectivity index (χ2n) is 5.15. The number of amides is 1. The highest BCUT2D eigenvalue weighted by molar-refractivity contribution is 7.80. The molecule has 0 fully saturated rings. The van der Waals surface area contributed by atoms with E-state index in [1.54, 1.807) is 6.07 Å². The molecule has 0 aromatic heterocycles. The number of nitrogens with two attached hydrogens (primary N) is 1. The van der Waals surface area contributed by atoms with Crippen LogP contribution in [-0.2, 0) is 0 Å². The molecule has 0 saturated heterocycles. The van der Waals surface area contributed by atoms with Crippen LogP contribution in [0.3, 0.4) is 0 Å². The van der Waals surface area contributed by atoms with Crippen molar-refractivity contribution in [1.29, 1.82) is 0 Å². The molecule has 0 saturated carbocycles. The molecular formula is C17H18N2OS. The third-order valence-electron chi connectivity index (χ3n) is 3.54. The predicted octanol–water partition coefficient (Wildman–Crippen LogP) is 3.50. The van der Waals surface area contributed by atoms with Gasteiger partial charge in [-0.1, -0.05) is 30.4 Å². The summed E-state index contributed by atoms with van der Waals surface area (Å²) in [5, 5.41) is 2.91. The molecule has 21 heavy (non-hydrogen) atoms. The SMILES string of the molecule is Cc1ccc(C(=O)Nc2cc(C(N)=S)ccc2C)cc1C. The Labute approximate surface area is 130 Å². The highest BCUT2D eigenvalue weighted by Crippen LogP contribution is 2.19. The molecule has 2 aromatic rings. The first-order valence-corrected chi connectivity index (χ1v) is 7.08. The van der Waals surface area contributed by atoms with Crippen LogP contribution in [0.25, 0.3) is 0 Å². The van der Waals surface area contributed by atoms with Crippen molar-refractivity contribution in [2.24, 2.45) is 5.73 Å². The molecule has 3 nitrogen and oxygen atoms in total. The van der Waals surface area contributed by atoms with Gasteiger partial charge in [-0.25, -0.2) is 0 Å². The Balaban J connectivity index is 2.28. The number of hydrogen-bond donors (Lipinski definition) is 2. The van der Waals surface area contributed by atoms with Crippen LogP contribution in [0.4, 0.5) is 5.69 Å². The fourth-order valence-corrected chi connectivity index (χ4v) is 2.11. The van der Waals surface area contributed by atoms with Gasteiger partial charge >= 0.3 is 0 Å². The molecule has 4 heteroatoms. The summed E-state index contributed by atoms with van der Waals surface area (Å²) >= 11 is 4.97. The molecule has 1 amide bonds. The molecule has 0 aliphatic carbocycles. The summed E-state index contributed by atoms with van der Waals surface area (Å²) in [5.41, 5.74) is 11.0. The van der Waals surface area contributed by atoms with E-state index in [9.17, 15) is 4.79 Å². The van der Waals surface area contributed by atoms with Crippen molar-refractivity contribution in [3.63, 3.8) is 0 Å². The van der Waals surface area contributed by atoms with Crippen molar-refractivity contribution in [3.8, 4) is 0 Å². The van der Waals surface area contributed by atoms with Gasteiger partial charge in [0.2, 0.25) is 0 Å². The molecule has 0 spiro atoms. The standard InChI is InChI=1S/C17H18N2OS/c1-10-4-7-14(8-12(10)3)17(20)19-15-9-13(16(18)21)6-5-11(15)2/h4-9H,1-3H3,(H2,18,21)(H,19,20). The number of rotatable bonds is 3. The zero-order valence-electron chi connectivity index (χ0n) is 12.4.